The molecule has 0 amide bonds. The predicted molar refractivity (Wildman–Crippen MR) is 91.5 cm³/mol. The molecule has 0 aliphatic heterocycles. The molecular weight excluding hydrogens is 262 g/mol. The van der Waals surface area contributed by atoms with Crippen molar-refractivity contribution < 1.29 is 0 Å². The smallest absolute Gasteiger partial charge is 0.0204 e. The van der Waals surface area contributed by atoms with Crippen molar-refractivity contribution in [3.63, 3.8) is 0 Å². The lowest BCUT2D eigenvalue weighted by atomic mass is 10.1. The normalized spacial score (nSPS) is 23.6. The summed E-state index contributed by atoms with van der Waals surface area (Å²) in [4.78, 5) is 0. The van der Waals surface area contributed by atoms with Gasteiger partial charge in [-0.2, -0.15) is 11.8 Å². The van der Waals surface area contributed by atoms with Crippen LogP contribution in [0.3, 0.4) is 0 Å². The average molecular weight is 292 g/mol. The highest BCUT2D eigenvalue weighted by Gasteiger charge is 2.23. The summed E-state index contributed by atoms with van der Waals surface area (Å²) >= 11 is 2.17. The Labute approximate surface area is 128 Å². The number of aryl methyl sites for hydroxylation is 2. The molecule has 1 aromatic rings. The van der Waals surface area contributed by atoms with Gasteiger partial charge in [-0.15, -0.1) is 0 Å². The van der Waals surface area contributed by atoms with E-state index in [4.69, 9.17) is 0 Å². The number of hydrogen-bond donors (Lipinski definition) is 1. The number of rotatable bonds is 5. The summed E-state index contributed by atoms with van der Waals surface area (Å²) in [7, 11) is 0. The fourth-order valence-corrected chi connectivity index (χ4v) is 4.70. The maximum Gasteiger partial charge on any atom is 0.0204 e. The molecule has 1 nitrogen and oxygen atoms in total. The first-order valence-corrected chi connectivity index (χ1v) is 9.16. The van der Waals surface area contributed by atoms with Crippen LogP contribution in [0.25, 0.3) is 0 Å². The number of thioether (sulfide) groups is 1. The van der Waals surface area contributed by atoms with E-state index in [2.05, 4.69) is 56.0 Å². The molecule has 2 heteroatoms. The first-order valence-electron chi connectivity index (χ1n) is 8.11. The minimum Gasteiger partial charge on any atom is -0.313 e. The van der Waals surface area contributed by atoms with Gasteiger partial charge in [0.2, 0.25) is 0 Å². The van der Waals surface area contributed by atoms with Crippen LogP contribution in [0.4, 0.5) is 0 Å². The van der Waals surface area contributed by atoms with Crippen LogP contribution in [-0.4, -0.2) is 17.8 Å². The van der Waals surface area contributed by atoms with Gasteiger partial charge in [0.05, 0.1) is 0 Å². The molecule has 1 aromatic carbocycles. The molecule has 1 saturated carbocycles. The second-order valence-corrected chi connectivity index (χ2v) is 7.38. The molecule has 2 unspecified atom stereocenters. The maximum absolute atomic E-state index is 3.71. The highest BCUT2D eigenvalue weighted by atomic mass is 32.2. The lowest BCUT2D eigenvalue weighted by Gasteiger charge is -2.25. The average Bonchev–Trinajstić information content (AvgIpc) is 2.61. The number of nitrogens with one attached hydrogen (secondary N) is 1. The molecule has 0 heterocycles. The van der Waals surface area contributed by atoms with E-state index in [1.165, 1.54) is 48.8 Å². The van der Waals surface area contributed by atoms with Gasteiger partial charge in [0, 0.05) is 17.0 Å². The summed E-state index contributed by atoms with van der Waals surface area (Å²) in [6.07, 6.45) is 6.97. The molecular formula is C18H29NS. The van der Waals surface area contributed by atoms with Gasteiger partial charge < -0.3 is 5.32 Å². The van der Waals surface area contributed by atoms with Crippen molar-refractivity contribution in [3.05, 3.63) is 34.9 Å². The van der Waals surface area contributed by atoms with E-state index in [9.17, 15) is 0 Å². The molecule has 0 spiro atoms. The minimum atomic E-state index is 0.721. The van der Waals surface area contributed by atoms with E-state index in [1.807, 2.05) is 0 Å². The predicted octanol–water partition coefficient (Wildman–Crippen LogP) is 4.85. The highest BCUT2D eigenvalue weighted by Crippen LogP contribution is 2.30. The molecule has 0 bridgehead atoms. The van der Waals surface area contributed by atoms with Crippen LogP contribution in [-0.2, 0) is 5.75 Å². The Morgan fingerprint density at radius 1 is 1.05 bits per heavy atom. The van der Waals surface area contributed by atoms with E-state index in [-0.39, 0.29) is 0 Å². The Morgan fingerprint density at radius 2 is 1.75 bits per heavy atom. The Bertz CT molecular complexity index is 396. The van der Waals surface area contributed by atoms with Crippen LogP contribution in [0.2, 0.25) is 0 Å². The van der Waals surface area contributed by atoms with Gasteiger partial charge in [-0.3, -0.25) is 0 Å². The van der Waals surface area contributed by atoms with Crippen molar-refractivity contribution in [2.45, 2.75) is 69.9 Å². The first kappa shape index (κ1) is 15.9. The molecule has 0 aromatic heterocycles. The third-order valence-electron chi connectivity index (χ3n) is 4.16. The van der Waals surface area contributed by atoms with E-state index < -0.39 is 0 Å². The van der Waals surface area contributed by atoms with Crippen LogP contribution >= 0.6 is 11.8 Å². The summed E-state index contributed by atoms with van der Waals surface area (Å²) in [5.74, 6) is 1.16. The summed E-state index contributed by atoms with van der Waals surface area (Å²) in [5, 5.41) is 4.50. The van der Waals surface area contributed by atoms with Crippen molar-refractivity contribution in [3.8, 4) is 0 Å². The number of hydrogen-bond acceptors (Lipinski definition) is 2. The van der Waals surface area contributed by atoms with Crippen molar-refractivity contribution in [1.29, 1.82) is 0 Å². The lowest BCUT2D eigenvalue weighted by Crippen LogP contribution is -2.37. The Hall–Kier alpha value is -0.470. The largest absolute Gasteiger partial charge is 0.313 e. The fraction of sp³-hybridized carbons (Fsp3) is 0.667. The summed E-state index contributed by atoms with van der Waals surface area (Å²) in [6, 6.07) is 7.68. The fourth-order valence-electron chi connectivity index (χ4n) is 3.32. The highest BCUT2D eigenvalue weighted by molar-refractivity contribution is 7.99. The zero-order valence-corrected chi connectivity index (χ0v) is 14.1. The van der Waals surface area contributed by atoms with Crippen molar-refractivity contribution in [2.24, 2.45) is 0 Å². The van der Waals surface area contributed by atoms with Crippen LogP contribution < -0.4 is 5.32 Å². The topological polar surface area (TPSA) is 12.0 Å². The molecule has 0 radical (unpaired) electrons. The molecule has 1 aliphatic rings. The van der Waals surface area contributed by atoms with E-state index in [1.54, 1.807) is 0 Å². The van der Waals surface area contributed by atoms with Crippen LogP contribution in [0.5, 0.6) is 0 Å². The van der Waals surface area contributed by atoms with Gasteiger partial charge in [-0.05, 0) is 38.8 Å². The van der Waals surface area contributed by atoms with Gasteiger partial charge in [0.1, 0.15) is 0 Å². The van der Waals surface area contributed by atoms with Crippen molar-refractivity contribution in [2.75, 3.05) is 6.54 Å². The number of benzene rings is 1. The van der Waals surface area contributed by atoms with E-state index in [0.29, 0.717) is 0 Å². The molecule has 0 saturated heterocycles. The maximum atomic E-state index is 3.71. The van der Waals surface area contributed by atoms with E-state index >= 15 is 0 Å². The molecule has 2 atom stereocenters. The molecule has 20 heavy (non-hydrogen) atoms. The second kappa shape index (κ2) is 8.09. The first-order chi connectivity index (χ1) is 9.69. The van der Waals surface area contributed by atoms with Gasteiger partial charge in [-0.25, -0.2) is 0 Å². The second-order valence-electron chi connectivity index (χ2n) is 6.15. The zero-order valence-electron chi connectivity index (χ0n) is 13.2. The van der Waals surface area contributed by atoms with Gasteiger partial charge in [-0.1, -0.05) is 55.5 Å². The Kier molecular flexibility index (Phi) is 6.44. The third-order valence-corrected chi connectivity index (χ3v) is 5.66. The Morgan fingerprint density at radius 3 is 2.45 bits per heavy atom. The van der Waals surface area contributed by atoms with Crippen LogP contribution in [0, 0.1) is 13.8 Å². The summed E-state index contributed by atoms with van der Waals surface area (Å²) in [6.45, 7) is 7.74. The molecule has 1 N–H and O–H groups in total. The van der Waals surface area contributed by atoms with Crippen molar-refractivity contribution >= 4 is 11.8 Å². The van der Waals surface area contributed by atoms with Crippen LogP contribution in [0.1, 0.15) is 55.7 Å². The molecule has 2 rings (SSSR count). The van der Waals surface area contributed by atoms with Gasteiger partial charge in [0.25, 0.3) is 0 Å². The van der Waals surface area contributed by atoms with E-state index in [0.717, 1.165) is 23.6 Å². The zero-order chi connectivity index (χ0) is 14.4. The van der Waals surface area contributed by atoms with Crippen molar-refractivity contribution in [1.82, 2.24) is 5.32 Å². The SMILES string of the molecule is CCNC1CCCCCC1SCc1cc(C)cc(C)c1. The monoisotopic (exact) mass is 291 g/mol. The Balaban J connectivity index is 1.95. The molecule has 1 fully saturated rings. The van der Waals surface area contributed by atoms with Gasteiger partial charge in [0.15, 0.2) is 0 Å². The lowest BCUT2D eigenvalue weighted by molar-refractivity contribution is 0.482. The summed E-state index contributed by atoms with van der Waals surface area (Å²) in [5.41, 5.74) is 4.28. The third kappa shape index (κ3) is 4.82. The van der Waals surface area contributed by atoms with Crippen LogP contribution in [0.15, 0.2) is 18.2 Å². The molecule has 1 aliphatic carbocycles. The summed E-state index contributed by atoms with van der Waals surface area (Å²) < 4.78 is 0. The molecule has 112 valence electrons. The standard InChI is InChI=1S/C18H29NS/c1-4-19-17-8-6-5-7-9-18(17)20-13-16-11-14(2)10-15(3)12-16/h10-12,17-19H,4-9,13H2,1-3H3. The quantitative estimate of drug-likeness (QED) is 0.778. The minimum absolute atomic E-state index is 0.721. The van der Waals surface area contributed by atoms with Gasteiger partial charge >= 0.3 is 0 Å².